The fourth-order valence-corrected chi connectivity index (χ4v) is 3.04. The van der Waals surface area contributed by atoms with Gasteiger partial charge in [-0.25, -0.2) is 0 Å². The Morgan fingerprint density at radius 3 is 2.42 bits per heavy atom. The van der Waals surface area contributed by atoms with E-state index in [0.717, 1.165) is 0 Å². The van der Waals surface area contributed by atoms with Crippen LogP contribution in [0.4, 0.5) is 5.69 Å². The number of amides is 1. The van der Waals surface area contributed by atoms with Crippen molar-refractivity contribution < 1.29 is 24.0 Å². The van der Waals surface area contributed by atoms with E-state index in [1.54, 1.807) is 24.3 Å². The van der Waals surface area contributed by atoms with Gasteiger partial charge in [-0.2, -0.15) is 0 Å². The Balaban J connectivity index is 1.97. The van der Waals surface area contributed by atoms with E-state index in [-0.39, 0.29) is 39.6 Å². The normalized spacial score (nSPS) is 12.5. The summed E-state index contributed by atoms with van der Waals surface area (Å²) >= 11 is 0. The molecule has 0 fully saturated rings. The number of aromatic hydroxyl groups is 1. The molecule has 0 atom stereocenters. The predicted octanol–water partition coefficient (Wildman–Crippen LogP) is 2.78. The highest BCUT2D eigenvalue weighted by molar-refractivity contribution is 6.32. The molecule has 4 rings (SSSR count). The fourth-order valence-electron chi connectivity index (χ4n) is 3.04. The summed E-state index contributed by atoms with van der Waals surface area (Å²) in [5.41, 5.74) is 0.744. The first-order valence-corrected chi connectivity index (χ1v) is 7.77. The van der Waals surface area contributed by atoms with Gasteiger partial charge in [0.15, 0.2) is 0 Å². The van der Waals surface area contributed by atoms with Crippen molar-refractivity contribution in [1.29, 1.82) is 0 Å². The van der Waals surface area contributed by atoms with E-state index in [1.807, 2.05) is 6.07 Å². The van der Waals surface area contributed by atoms with Crippen molar-refractivity contribution in [1.82, 2.24) is 5.16 Å². The summed E-state index contributed by atoms with van der Waals surface area (Å²) in [6, 6.07) is 11.5. The fraction of sp³-hybridized carbons (Fsp3) is 0.0526. The Labute approximate surface area is 147 Å². The highest BCUT2D eigenvalue weighted by atomic mass is 16.5. The lowest BCUT2D eigenvalue weighted by atomic mass is 9.84. The maximum Gasteiger partial charge on any atom is 0.236 e. The van der Waals surface area contributed by atoms with Crippen LogP contribution in [0, 0.1) is 0 Å². The zero-order valence-electron chi connectivity index (χ0n) is 13.6. The monoisotopic (exact) mass is 348 g/mol. The van der Waals surface area contributed by atoms with Crippen LogP contribution in [-0.4, -0.2) is 27.7 Å². The molecule has 0 saturated heterocycles. The SMILES string of the molecule is CC(=O)Nc1ccc(O)c2c1C(=O)c1c(-c3ccccc3)noc1C2=O. The lowest BCUT2D eigenvalue weighted by Gasteiger charge is -2.18. The lowest BCUT2D eigenvalue weighted by Crippen LogP contribution is -2.23. The third-order valence-corrected chi connectivity index (χ3v) is 4.12. The van der Waals surface area contributed by atoms with Crippen LogP contribution in [0.3, 0.4) is 0 Å². The number of phenolic OH excluding ortho intramolecular Hbond substituents is 1. The van der Waals surface area contributed by atoms with Crippen molar-refractivity contribution >= 4 is 23.2 Å². The highest BCUT2D eigenvalue weighted by Gasteiger charge is 2.40. The quantitative estimate of drug-likeness (QED) is 0.539. The molecule has 0 radical (unpaired) electrons. The number of carbonyl (C=O) groups is 3. The topological polar surface area (TPSA) is 110 Å². The first kappa shape index (κ1) is 15.8. The number of ketones is 2. The van der Waals surface area contributed by atoms with Crippen molar-refractivity contribution in [3.05, 3.63) is 64.9 Å². The van der Waals surface area contributed by atoms with Crippen LogP contribution in [-0.2, 0) is 4.79 Å². The Morgan fingerprint density at radius 1 is 1.00 bits per heavy atom. The molecule has 0 unspecified atom stereocenters. The molecule has 128 valence electrons. The molecule has 1 aliphatic carbocycles. The van der Waals surface area contributed by atoms with E-state index in [0.29, 0.717) is 5.56 Å². The Hall–Kier alpha value is -3.74. The second kappa shape index (κ2) is 5.66. The molecule has 0 spiro atoms. The van der Waals surface area contributed by atoms with E-state index < -0.39 is 17.5 Å². The molecule has 0 saturated carbocycles. The van der Waals surface area contributed by atoms with Gasteiger partial charge in [0.05, 0.1) is 16.8 Å². The van der Waals surface area contributed by atoms with Crippen molar-refractivity contribution in [3.8, 4) is 17.0 Å². The third-order valence-electron chi connectivity index (χ3n) is 4.12. The smallest absolute Gasteiger partial charge is 0.236 e. The Kier molecular flexibility index (Phi) is 3.43. The second-order valence-corrected chi connectivity index (χ2v) is 5.82. The van der Waals surface area contributed by atoms with Gasteiger partial charge in [-0.1, -0.05) is 35.5 Å². The molecule has 1 heterocycles. The van der Waals surface area contributed by atoms with Crippen LogP contribution >= 0.6 is 0 Å². The predicted molar refractivity (Wildman–Crippen MR) is 91.2 cm³/mol. The second-order valence-electron chi connectivity index (χ2n) is 5.82. The maximum absolute atomic E-state index is 13.1. The molecule has 0 bridgehead atoms. The zero-order valence-corrected chi connectivity index (χ0v) is 13.6. The number of nitrogens with one attached hydrogen (secondary N) is 1. The lowest BCUT2D eigenvalue weighted by molar-refractivity contribution is -0.114. The average Bonchev–Trinajstić information content (AvgIpc) is 3.07. The third kappa shape index (κ3) is 2.21. The molecule has 1 aliphatic rings. The van der Waals surface area contributed by atoms with Gasteiger partial charge >= 0.3 is 0 Å². The van der Waals surface area contributed by atoms with Crippen LogP contribution < -0.4 is 5.32 Å². The maximum atomic E-state index is 13.1. The van der Waals surface area contributed by atoms with Crippen LogP contribution in [0.5, 0.6) is 5.75 Å². The number of hydrogen-bond donors (Lipinski definition) is 2. The van der Waals surface area contributed by atoms with Crippen LogP contribution in [0.2, 0.25) is 0 Å². The molecule has 1 amide bonds. The van der Waals surface area contributed by atoms with Gasteiger partial charge < -0.3 is 14.9 Å². The number of nitrogens with zero attached hydrogens (tertiary/aromatic N) is 1. The van der Waals surface area contributed by atoms with Crippen molar-refractivity contribution in [2.24, 2.45) is 0 Å². The summed E-state index contributed by atoms with van der Waals surface area (Å²) < 4.78 is 5.14. The Bertz CT molecular complexity index is 1080. The molecule has 26 heavy (non-hydrogen) atoms. The first-order valence-electron chi connectivity index (χ1n) is 7.77. The number of anilines is 1. The zero-order chi connectivity index (χ0) is 18.4. The van der Waals surface area contributed by atoms with Crippen LogP contribution in [0.1, 0.15) is 39.0 Å². The van der Waals surface area contributed by atoms with Crippen molar-refractivity contribution in [2.45, 2.75) is 6.92 Å². The molecule has 3 aromatic rings. The number of fused-ring (bicyclic) bond motifs is 2. The van der Waals surface area contributed by atoms with E-state index >= 15 is 0 Å². The standard InChI is InChI=1S/C19H12N2O5/c1-9(22)20-11-7-8-12(23)14-13(11)17(24)15-16(10-5-3-2-4-6-10)21-26-19(15)18(14)25/h2-8,23H,1H3,(H,20,22). The minimum atomic E-state index is -0.658. The van der Waals surface area contributed by atoms with Gasteiger partial charge in [0.25, 0.3) is 0 Å². The largest absolute Gasteiger partial charge is 0.507 e. The molecule has 0 aliphatic heterocycles. The molecule has 7 nitrogen and oxygen atoms in total. The van der Waals surface area contributed by atoms with Crippen molar-refractivity contribution in [2.75, 3.05) is 5.32 Å². The first-order chi connectivity index (χ1) is 12.5. The van der Waals surface area contributed by atoms with E-state index in [2.05, 4.69) is 10.5 Å². The van der Waals surface area contributed by atoms with Gasteiger partial charge in [-0.3, -0.25) is 14.4 Å². The molecular weight excluding hydrogens is 336 g/mol. The van der Waals surface area contributed by atoms with E-state index in [1.165, 1.54) is 19.1 Å². The number of benzene rings is 2. The van der Waals surface area contributed by atoms with E-state index in [4.69, 9.17) is 4.52 Å². The van der Waals surface area contributed by atoms with Gasteiger partial charge in [0.1, 0.15) is 17.0 Å². The van der Waals surface area contributed by atoms with Gasteiger partial charge in [0.2, 0.25) is 23.2 Å². The molecule has 1 aromatic heterocycles. The van der Waals surface area contributed by atoms with Crippen LogP contribution in [0.15, 0.2) is 47.0 Å². The minimum Gasteiger partial charge on any atom is -0.507 e. The number of carbonyl (C=O) groups excluding carboxylic acids is 3. The van der Waals surface area contributed by atoms with Gasteiger partial charge in [-0.15, -0.1) is 0 Å². The average molecular weight is 348 g/mol. The summed E-state index contributed by atoms with van der Waals surface area (Å²) in [7, 11) is 0. The molecule has 2 aromatic carbocycles. The summed E-state index contributed by atoms with van der Waals surface area (Å²) in [5.74, 6) is -2.20. The summed E-state index contributed by atoms with van der Waals surface area (Å²) in [4.78, 5) is 37.4. The molecule has 2 N–H and O–H groups in total. The number of rotatable bonds is 2. The van der Waals surface area contributed by atoms with Gasteiger partial charge in [-0.05, 0) is 12.1 Å². The highest BCUT2D eigenvalue weighted by Crippen LogP contribution is 2.40. The minimum absolute atomic E-state index is 0.0194. The molecule has 7 heteroatoms. The van der Waals surface area contributed by atoms with Crippen molar-refractivity contribution in [3.63, 3.8) is 0 Å². The number of phenols is 1. The Morgan fingerprint density at radius 2 is 1.73 bits per heavy atom. The van der Waals surface area contributed by atoms with E-state index in [9.17, 15) is 19.5 Å². The number of aromatic nitrogens is 1. The summed E-state index contributed by atoms with van der Waals surface area (Å²) in [6.07, 6.45) is 0. The van der Waals surface area contributed by atoms with Crippen LogP contribution in [0.25, 0.3) is 11.3 Å². The summed E-state index contributed by atoms with van der Waals surface area (Å²) in [5, 5.41) is 16.5. The molecular formula is C19H12N2O5. The summed E-state index contributed by atoms with van der Waals surface area (Å²) in [6.45, 7) is 1.29. The number of hydrogen-bond acceptors (Lipinski definition) is 6. The van der Waals surface area contributed by atoms with Gasteiger partial charge in [0, 0.05) is 12.5 Å².